The number of nitrogens with one attached hydrogen (secondary N) is 1. The molecule has 0 bridgehead atoms. The van der Waals surface area contributed by atoms with E-state index in [1.807, 2.05) is 0 Å². The molecule has 0 fully saturated rings. The van der Waals surface area contributed by atoms with Gasteiger partial charge in [0.25, 0.3) is 5.97 Å². The summed E-state index contributed by atoms with van der Waals surface area (Å²) >= 11 is 0. The number of carboxylic acid groups (broad SMARTS) is 1. The maximum atomic E-state index is 11.5. The van der Waals surface area contributed by atoms with Crippen LogP contribution in [-0.4, -0.2) is 23.5 Å². The molecule has 0 aliphatic heterocycles. The Morgan fingerprint density at radius 2 is 1.08 bits per heavy atom. The number of amides is 1. The zero-order valence-electron chi connectivity index (χ0n) is 16.4. The van der Waals surface area contributed by atoms with Crippen LogP contribution in [0.4, 0.5) is 0 Å². The normalized spacial score (nSPS) is 9.96. The quantitative estimate of drug-likeness (QED) is 0.375. The highest BCUT2D eigenvalue weighted by Crippen LogP contribution is 2.11. The van der Waals surface area contributed by atoms with Crippen molar-refractivity contribution in [2.24, 2.45) is 0 Å². The van der Waals surface area contributed by atoms with Crippen molar-refractivity contribution in [2.45, 2.75) is 111 Å². The third-order valence-electron chi connectivity index (χ3n) is 3.86. The third kappa shape index (κ3) is 29.0. The molecule has 1 amide bonds. The SMILES string of the molecule is CC(=O)O.CCCCCCCCCCCCCC(=O)NCCCC. The van der Waals surface area contributed by atoms with E-state index >= 15 is 0 Å². The van der Waals surface area contributed by atoms with Gasteiger partial charge in [-0.05, 0) is 12.8 Å². The minimum atomic E-state index is -0.833. The van der Waals surface area contributed by atoms with Gasteiger partial charge in [0, 0.05) is 19.9 Å². The summed E-state index contributed by atoms with van der Waals surface area (Å²) in [4.78, 5) is 20.5. The standard InChI is InChI=1S/C18H37NO.C2H4O2/c1-3-5-7-8-9-10-11-12-13-14-15-16-18(20)19-17-6-4-2;1-2(3)4/h3-17H2,1-2H3,(H,19,20);1H3,(H,3,4). The molecule has 0 atom stereocenters. The molecular weight excluding hydrogens is 302 g/mol. The molecule has 0 rings (SSSR count). The highest BCUT2D eigenvalue weighted by molar-refractivity contribution is 5.75. The van der Waals surface area contributed by atoms with Crippen molar-refractivity contribution in [1.29, 1.82) is 0 Å². The van der Waals surface area contributed by atoms with Crippen LogP contribution in [0.15, 0.2) is 0 Å². The van der Waals surface area contributed by atoms with Crippen molar-refractivity contribution < 1.29 is 14.7 Å². The molecule has 0 unspecified atom stereocenters. The summed E-state index contributed by atoms with van der Waals surface area (Å²) in [5, 5.41) is 10.4. The summed E-state index contributed by atoms with van der Waals surface area (Å²) in [7, 11) is 0. The Balaban J connectivity index is 0. The smallest absolute Gasteiger partial charge is 0.300 e. The van der Waals surface area contributed by atoms with E-state index in [2.05, 4.69) is 19.2 Å². The highest BCUT2D eigenvalue weighted by Gasteiger charge is 1.99. The first-order valence-electron chi connectivity index (χ1n) is 10.0. The molecule has 4 heteroatoms. The summed E-state index contributed by atoms with van der Waals surface area (Å²) in [6.45, 7) is 6.35. The lowest BCUT2D eigenvalue weighted by Crippen LogP contribution is -2.23. The van der Waals surface area contributed by atoms with E-state index in [0.717, 1.165) is 39.2 Å². The first-order valence-corrected chi connectivity index (χ1v) is 10.0. The van der Waals surface area contributed by atoms with E-state index in [9.17, 15) is 4.79 Å². The van der Waals surface area contributed by atoms with Gasteiger partial charge in [-0.25, -0.2) is 0 Å². The number of hydrogen-bond acceptors (Lipinski definition) is 2. The lowest BCUT2D eigenvalue weighted by molar-refractivity contribution is -0.134. The number of rotatable bonds is 15. The number of carbonyl (C=O) groups is 2. The highest BCUT2D eigenvalue weighted by atomic mass is 16.4. The number of aliphatic carboxylic acids is 1. The Kier molecular flexibility index (Phi) is 23.0. The molecule has 2 N–H and O–H groups in total. The Hall–Kier alpha value is -1.06. The molecule has 0 spiro atoms. The molecule has 0 aromatic carbocycles. The molecule has 0 aliphatic rings. The topological polar surface area (TPSA) is 66.4 Å². The van der Waals surface area contributed by atoms with Crippen LogP contribution in [0.1, 0.15) is 111 Å². The molecular formula is C20H41NO3. The first kappa shape index (κ1) is 25.2. The Bertz CT molecular complexity index is 276. The number of carboxylic acids is 1. The van der Waals surface area contributed by atoms with Crippen molar-refractivity contribution in [3.63, 3.8) is 0 Å². The maximum Gasteiger partial charge on any atom is 0.300 e. The van der Waals surface area contributed by atoms with Gasteiger partial charge in [-0.2, -0.15) is 0 Å². The van der Waals surface area contributed by atoms with Gasteiger partial charge in [0.15, 0.2) is 0 Å². The van der Waals surface area contributed by atoms with E-state index in [1.54, 1.807) is 0 Å². The van der Waals surface area contributed by atoms with Crippen LogP contribution in [0.2, 0.25) is 0 Å². The van der Waals surface area contributed by atoms with Gasteiger partial charge in [-0.3, -0.25) is 9.59 Å². The summed E-state index contributed by atoms with van der Waals surface area (Å²) in [6.07, 6.45) is 17.7. The van der Waals surface area contributed by atoms with Gasteiger partial charge >= 0.3 is 0 Å². The summed E-state index contributed by atoms with van der Waals surface area (Å²) in [5.41, 5.74) is 0. The third-order valence-corrected chi connectivity index (χ3v) is 3.86. The van der Waals surface area contributed by atoms with Gasteiger partial charge in [0.1, 0.15) is 0 Å². The monoisotopic (exact) mass is 343 g/mol. The molecule has 0 aliphatic carbocycles. The van der Waals surface area contributed by atoms with Crippen LogP contribution in [0, 0.1) is 0 Å². The maximum absolute atomic E-state index is 11.5. The van der Waals surface area contributed by atoms with Crippen molar-refractivity contribution >= 4 is 11.9 Å². The molecule has 0 aromatic heterocycles. The van der Waals surface area contributed by atoms with Crippen molar-refractivity contribution in [3.05, 3.63) is 0 Å². The summed E-state index contributed by atoms with van der Waals surface area (Å²) in [6, 6.07) is 0. The van der Waals surface area contributed by atoms with E-state index in [0.29, 0.717) is 0 Å². The Labute approximate surface area is 149 Å². The molecule has 0 saturated heterocycles. The molecule has 0 aromatic rings. The van der Waals surface area contributed by atoms with E-state index in [1.165, 1.54) is 64.2 Å². The van der Waals surface area contributed by atoms with Gasteiger partial charge in [-0.15, -0.1) is 0 Å². The van der Waals surface area contributed by atoms with Crippen molar-refractivity contribution in [3.8, 4) is 0 Å². The number of hydrogen-bond donors (Lipinski definition) is 2. The fraction of sp³-hybridized carbons (Fsp3) is 0.900. The molecule has 0 heterocycles. The molecule has 0 saturated carbocycles. The first-order chi connectivity index (χ1) is 11.5. The fourth-order valence-corrected chi connectivity index (χ4v) is 2.44. The summed E-state index contributed by atoms with van der Waals surface area (Å²) < 4.78 is 0. The second-order valence-corrected chi connectivity index (χ2v) is 6.51. The van der Waals surface area contributed by atoms with Crippen LogP contribution in [0.5, 0.6) is 0 Å². The molecule has 4 nitrogen and oxygen atoms in total. The molecule has 144 valence electrons. The van der Waals surface area contributed by atoms with Crippen LogP contribution in [0.25, 0.3) is 0 Å². The average Bonchev–Trinajstić information content (AvgIpc) is 2.52. The molecule has 24 heavy (non-hydrogen) atoms. The van der Waals surface area contributed by atoms with Gasteiger partial charge in [0.2, 0.25) is 5.91 Å². The van der Waals surface area contributed by atoms with Crippen LogP contribution >= 0.6 is 0 Å². The Morgan fingerprint density at radius 3 is 1.50 bits per heavy atom. The van der Waals surface area contributed by atoms with Gasteiger partial charge in [-0.1, -0.05) is 84.5 Å². The van der Waals surface area contributed by atoms with Crippen LogP contribution in [0.3, 0.4) is 0 Å². The predicted molar refractivity (Wildman–Crippen MR) is 102 cm³/mol. The minimum absolute atomic E-state index is 0.245. The molecule has 0 radical (unpaired) electrons. The van der Waals surface area contributed by atoms with E-state index < -0.39 is 5.97 Å². The lowest BCUT2D eigenvalue weighted by atomic mass is 10.1. The van der Waals surface area contributed by atoms with E-state index in [4.69, 9.17) is 9.90 Å². The fourth-order valence-electron chi connectivity index (χ4n) is 2.44. The lowest BCUT2D eigenvalue weighted by Gasteiger charge is -2.04. The number of carbonyl (C=O) groups excluding carboxylic acids is 1. The van der Waals surface area contributed by atoms with Crippen molar-refractivity contribution in [2.75, 3.05) is 6.54 Å². The van der Waals surface area contributed by atoms with Crippen LogP contribution < -0.4 is 5.32 Å². The van der Waals surface area contributed by atoms with E-state index in [-0.39, 0.29) is 5.91 Å². The zero-order valence-corrected chi connectivity index (χ0v) is 16.4. The second kappa shape index (κ2) is 21.9. The van der Waals surface area contributed by atoms with Gasteiger partial charge in [0.05, 0.1) is 0 Å². The number of unbranched alkanes of at least 4 members (excludes halogenated alkanes) is 11. The largest absolute Gasteiger partial charge is 0.481 e. The van der Waals surface area contributed by atoms with Crippen LogP contribution in [-0.2, 0) is 9.59 Å². The summed E-state index contributed by atoms with van der Waals surface area (Å²) in [5.74, 6) is -0.589. The average molecular weight is 344 g/mol. The minimum Gasteiger partial charge on any atom is -0.481 e. The predicted octanol–water partition coefficient (Wildman–Crippen LogP) is 5.69. The Morgan fingerprint density at radius 1 is 0.708 bits per heavy atom. The van der Waals surface area contributed by atoms with Gasteiger partial charge < -0.3 is 10.4 Å². The van der Waals surface area contributed by atoms with Crippen molar-refractivity contribution in [1.82, 2.24) is 5.32 Å². The zero-order chi connectivity index (χ0) is 18.5. The second-order valence-electron chi connectivity index (χ2n) is 6.51.